The molecule has 0 aliphatic heterocycles. The van der Waals surface area contributed by atoms with Gasteiger partial charge in [-0.3, -0.25) is 0 Å². The third kappa shape index (κ3) is 4.03. The molecule has 0 aliphatic carbocycles. The molecule has 88 valence electrons. The first kappa shape index (κ1) is 12.7. The lowest BCUT2D eigenvalue weighted by Gasteiger charge is -2.11. The van der Waals surface area contributed by atoms with Gasteiger partial charge in [0.15, 0.2) is 0 Å². The quantitative estimate of drug-likeness (QED) is 0.777. The molecule has 0 heterocycles. The molecular formula is C13H19NO2. The Balaban J connectivity index is 2.66. The summed E-state index contributed by atoms with van der Waals surface area (Å²) >= 11 is 0. The Morgan fingerprint density at radius 1 is 1.31 bits per heavy atom. The second kappa shape index (κ2) is 5.66. The van der Waals surface area contributed by atoms with E-state index in [0.717, 1.165) is 12.0 Å². The summed E-state index contributed by atoms with van der Waals surface area (Å²) in [4.78, 5) is 10.4. The smallest absolute Gasteiger partial charge is 0.115 e. The van der Waals surface area contributed by atoms with Crippen molar-refractivity contribution in [2.24, 2.45) is 5.92 Å². The van der Waals surface area contributed by atoms with Gasteiger partial charge in [-0.25, -0.2) is 0 Å². The maximum absolute atomic E-state index is 10.4. The first-order valence-electron chi connectivity index (χ1n) is 5.60. The Bertz CT molecular complexity index is 343. The van der Waals surface area contributed by atoms with Gasteiger partial charge in [0.25, 0.3) is 0 Å². The van der Waals surface area contributed by atoms with E-state index in [9.17, 15) is 9.90 Å². The van der Waals surface area contributed by atoms with Crippen molar-refractivity contribution in [3.8, 4) is 0 Å². The summed E-state index contributed by atoms with van der Waals surface area (Å²) in [5.41, 5.74) is 6.05. The van der Waals surface area contributed by atoms with Crippen LogP contribution >= 0.6 is 0 Å². The van der Waals surface area contributed by atoms with Crippen LogP contribution in [0.5, 0.6) is 0 Å². The van der Waals surface area contributed by atoms with Crippen molar-refractivity contribution < 1.29 is 15.6 Å². The van der Waals surface area contributed by atoms with Crippen LogP contribution in [0.25, 0.3) is 0 Å². The van der Waals surface area contributed by atoms with Gasteiger partial charge in [-0.05, 0) is 17.9 Å². The summed E-state index contributed by atoms with van der Waals surface area (Å²) in [6.07, 6.45) is 1.02. The number of carboxylic acids is 1. The van der Waals surface area contributed by atoms with E-state index in [4.69, 9.17) is 0 Å². The van der Waals surface area contributed by atoms with Gasteiger partial charge in [-0.2, -0.15) is 0 Å². The number of hydrogen-bond donors (Lipinski definition) is 1. The van der Waals surface area contributed by atoms with Gasteiger partial charge in [0.1, 0.15) is 6.04 Å². The minimum atomic E-state index is -1.05. The summed E-state index contributed by atoms with van der Waals surface area (Å²) in [7, 11) is 0. The van der Waals surface area contributed by atoms with Crippen molar-refractivity contribution in [2.75, 3.05) is 0 Å². The molecule has 1 aromatic carbocycles. The van der Waals surface area contributed by atoms with Crippen LogP contribution < -0.4 is 10.8 Å². The second-order valence-electron chi connectivity index (χ2n) is 4.61. The zero-order valence-electron chi connectivity index (χ0n) is 9.90. The van der Waals surface area contributed by atoms with E-state index in [1.54, 1.807) is 0 Å². The average Bonchev–Trinajstić information content (AvgIpc) is 2.16. The second-order valence-corrected chi connectivity index (χ2v) is 4.61. The average molecular weight is 221 g/mol. The molecule has 0 unspecified atom stereocenters. The summed E-state index contributed by atoms with van der Waals surface area (Å²) < 4.78 is 0. The lowest BCUT2D eigenvalue weighted by Crippen LogP contribution is -2.55. The number of benzene rings is 1. The van der Waals surface area contributed by atoms with Crippen molar-refractivity contribution in [3.05, 3.63) is 35.4 Å². The highest BCUT2D eigenvalue weighted by Crippen LogP contribution is 2.14. The minimum Gasteiger partial charge on any atom is -0.550 e. The van der Waals surface area contributed by atoms with Gasteiger partial charge in [0, 0.05) is 18.0 Å². The number of carbonyl (C=O) groups excluding carboxylic acids is 1. The molecule has 1 aromatic rings. The topological polar surface area (TPSA) is 67.8 Å². The monoisotopic (exact) mass is 221 g/mol. The van der Waals surface area contributed by atoms with Crippen molar-refractivity contribution in [2.45, 2.75) is 32.7 Å². The highest BCUT2D eigenvalue weighted by atomic mass is 16.4. The summed E-state index contributed by atoms with van der Waals surface area (Å²) in [5.74, 6) is -0.420. The maximum atomic E-state index is 10.4. The van der Waals surface area contributed by atoms with Crippen LogP contribution in [-0.4, -0.2) is 5.97 Å². The number of rotatable bonds is 5. The van der Waals surface area contributed by atoms with E-state index in [0.29, 0.717) is 5.92 Å². The molecule has 16 heavy (non-hydrogen) atoms. The van der Waals surface area contributed by atoms with E-state index < -0.39 is 5.97 Å². The third-order valence-corrected chi connectivity index (χ3v) is 2.51. The molecule has 0 aliphatic rings. The zero-order valence-corrected chi connectivity index (χ0v) is 9.90. The zero-order chi connectivity index (χ0) is 12.1. The lowest BCUT2D eigenvalue weighted by atomic mass is 9.99. The van der Waals surface area contributed by atoms with Crippen molar-refractivity contribution in [1.29, 1.82) is 0 Å². The highest BCUT2D eigenvalue weighted by Gasteiger charge is 2.09. The predicted molar refractivity (Wildman–Crippen MR) is 60.2 cm³/mol. The molecule has 0 saturated carbocycles. The van der Waals surface area contributed by atoms with Crippen LogP contribution in [0, 0.1) is 5.92 Å². The number of aliphatic carboxylic acids is 1. The van der Waals surface area contributed by atoms with Crippen molar-refractivity contribution in [1.82, 2.24) is 0 Å². The largest absolute Gasteiger partial charge is 0.550 e. The van der Waals surface area contributed by atoms with Gasteiger partial charge in [0.05, 0.1) is 0 Å². The van der Waals surface area contributed by atoms with Gasteiger partial charge >= 0.3 is 0 Å². The SMILES string of the molecule is CC(C)Cc1ccc([C@H]([NH3+])CC(=O)[O-])cc1. The summed E-state index contributed by atoms with van der Waals surface area (Å²) in [5, 5.41) is 10.4. The molecule has 0 amide bonds. The molecule has 0 aromatic heterocycles. The Morgan fingerprint density at radius 3 is 2.31 bits per heavy atom. The van der Waals surface area contributed by atoms with Crippen molar-refractivity contribution in [3.63, 3.8) is 0 Å². The van der Waals surface area contributed by atoms with Gasteiger partial charge in [-0.1, -0.05) is 38.1 Å². The van der Waals surface area contributed by atoms with Crippen LogP contribution in [0.3, 0.4) is 0 Å². The van der Waals surface area contributed by atoms with E-state index in [2.05, 4.69) is 19.6 Å². The Morgan fingerprint density at radius 2 is 1.88 bits per heavy atom. The predicted octanol–water partition coefficient (Wildman–Crippen LogP) is 0.308. The number of carboxylic acid groups (broad SMARTS) is 1. The lowest BCUT2D eigenvalue weighted by molar-refractivity contribution is -0.430. The van der Waals surface area contributed by atoms with E-state index in [-0.39, 0.29) is 12.5 Å². The Kier molecular flexibility index (Phi) is 4.50. The minimum absolute atomic E-state index is 0.0243. The molecule has 0 spiro atoms. The van der Waals surface area contributed by atoms with Gasteiger partial charge < -0.3 is 15.6 Å². The maximum Gasteiger partial charge on any atom is 0.115 e. The van der Waals surface area contributed by atoms with Crippen LogP contribution in [0.4, 0.5) is 0 Å². The fourth-order valence-corrected chi connectivity index (χ4v) is 1.72. The summed E-state index contributed by atoms with van der Waals surface area (Å²) in [6, 6.07) is 7.78. The van der Waals surface area contributed by atoms with Gasteiger partial charge in [0.2, 0.25) is 0 Å². The first-order chi connectivity index (χ1) is 7.49. The first-order valence-corrected chi connectivity index (χ1v) is 5.60. The van der Waals surface area contributed by atoms with Crippen LogP contribution in [0.2, 0.25) is 0 Å². The van der Waals surface area contributed by atoms with E-state index >= 15 is 0 Å². The standard InChI is InChI=1S/C13H19NO2/c1-9(2)7-10-3-5-11(6-4-10)12(14)8-13(15)16/h3-6,9,12H,7-8,14H2,1-2H3,(H,15,16)/t12-/m1/s1. The van der Waals surface area contributed by atoms with Gasteiger partial charge in [-0.15, -0.1) is 0 Å². The third-order valence-electron chi connectivity index (χ3n) is 2.51. The molecule has 3 nitrogen and oxygen atoms in total. The number of hydrogen-bond acceptors (Lipinski definition) is 2. The Hall–Kier alpha value is -1.35. The van der Waals surface area contributed by atoms with E-state index in [1.807, 2.05) is 24.3 Å². The molecule has 3 N–H and O–H groups in total. The van der Waals surface area contributed by atoms with Crippen LogP contribution in [0.15, 0.2) is 24.3 Å². The Labute approximate surface area is 96.3 Å². The molecule has 3 heteroatoms. The molecule has 1 atom stereocenters. The fourth-order valence-electron chi connectivity index (χ4n) is 1.72. The molecule has 0 radical (unpaired) electrons. The van der Waals surface area contributed by atoms with E-state index in [1.165, 1.54) is 5.56 Å². The molecular weight excluding hydrogens is 202 g/mol. The number of carbonyl (C=O) groups is 1. The molecule has 1 rings (SSSR count). The number of quaternary nitrogens is 1. The van der Waals surface area contributed by atoms with Crippen LogP contribution in [0.1, 0.15) is 37.4 Å². The fraction of sp³-hybridized carbons (Fsp3) is 0.462. The normalized spacial score (nSPS) is 12.8. The molecule has 0 bridgehead atoms. The van der Waals surface area contributed by atoms with Crippen LogP contribution in [-0.2, 0) is 11.2 Å². The highest BCUT2D eigenvalue weighted by molar-refractivity contribution is 5.65. The molecule has 0 saturated heterocycles. The summed E-state index contributed by atoms with van der Waals surface area (Å²) in [6.45, 7) is 4.35. The van der Waals surface area contributed by atoms with Crippen molar-refractivity contribution >= 4 is 5.97 Å². The molecule has 0 fully saturated rings.